The summed E-state index contributed by atoms with van der Waals surface area (Å²) in [7, 11) is 0. The molecule has 0 aromatic carbocycles. The van der Waals surface area contributed by atoms with Crippen molar-refractivity contribution in [2.24, 2.45) is 11.8 Å². The number of rotatable bonds is 7. The Labute approximate surface area is 113 Å². The smallest absolute Gasteiger partial charge is 0.0611 e. The maximum Gasteiger partial charge on any atom is 0.0611 e. The van der Waals surface area contributed by atoms with Crippen LogP contribution in [-0.2, 0) is 0 Å². The third-order valence-electron chi connectivity index (χ3n) is 4.52. The highest BCUT2D eigenvalue weighted by molar-refractivity contribution is 4.89. The molecule has 108 valence electrons. The monoisotopic (exact) mass is 256 g/mol. The molecule has 1 fully saturated rings. The van der Waals surface area contributed by atoms with Crippen molar-refractivity contribution in [3.05, 3.63) is 0 Å². The van der Waals surface area contributed by atoms with Gasteiger partial charge >= 0.3 is 0 Å². The maximum absolute atomic E-state index is 9.57. The molecule has 0 amide bonds. The van der Waals surface area contributed by atoms with Crippen LogP contribution in [0.4, 0.5) is 0 Å². The van der Waals surface area contributed by atoms with Crippen molar-refractivity contribution in [1.82, 2.24) is 10.2 Å². The van der Waals surface area contributed by atoms with Crippen LogP contribution in [0.25, 0.3) is 0 Å². The maximum atomic E-state index is 9.57. The largest absolute Gasteiger partial charge is 0.394 e. The van der Waals surface area contributed by atoms with Gasteiger partial charge in [0, 0.05) is 18.1 Å². The summed E-state index contributed by atoms with van der Waals surface area (Å²) in [6, 6.07) is 0.546. The molecule has 3 heteroatoms. The van der Waals surface area contributed by atoms with Crippen molar-refractivity contribution in [3.8, 4) is 0 Å². The van der Waals surface area contributed by atoms with Crippen LogP contribution in [0, 0.1) is 11.8 Å². The SMILES string of the molecule is CCNC(C)(CO)CC(C)N1CCC(C(C)C)C1. The van der Waals surface area contributed by atoms with Crippen LogP contribution in [0.1, 0.15) is 47.5 Å². The van der Waals surface area contributed by atoms with E-state index in [0.717, 1.165) is 24.8 Å². The first-order valence-corrected chi connectivity index (χ1v) is 7.51. The first-order valence-electron chi connectivity index (χ1n) is 7.51. The van der Waals surface area contributed by atoms with E-state index in [-0.39, 0.29) is 12.1 Å². The zero-order chi connectivity index (χ0) is 13.8. The molecule has 1 saturated heterocycles. The van der Waals surface area contributed by atoms with Gasteiger partial charge in [0.15, 0.2) is 0 Å². The van der Waals surface area contributed by atoms with Crippen LogP contribution in [0.15, 0.2) is 0 Å². The van der Waals surface area contributed by atoms with Gasteiger partial charge in [0.05, 0.1) is 6.61 Å². The number of aliphatic hydroxyl groups excluding tert-OH is 1. The molecule has 0 spiro atoms. The normalized spacial score (nSPS) is 26.5. The van der Waals surface area contributed by atoms with E-state index in [1.54, 1.807) is 0 Å². The summed E-state index contributed by atoms with van der Waals surface area (Å²) in [6.07, 6.45) is 2.35. The van der Waals surface area contributed by atoms with E-state index in [4.69, 9.17) is 0 Å². The number of hydrogen-bond donors (Lipinski definition) is 2. The van der Waals surface area contributed by atoms with Crippen molar-refractivity contribution < 1.29 is 5.11 Å². The fourth-order valence-electron chi connectivity index (χ4n) is 3.16. The predicted octanol–water partition coefficient (Wildman–Crippen LogP) is 2.10. The molecule has 3 atom stereocenters. The van der Waals surface area contributed by atoms with E-state index in [2.05, 4.69) is 44.8 Å². The minimum atomic E-state index is -0.135. The molecule has 0 radical (unpaired) electrons. The summed E-state index contributed by atoms with van der Waals surface area (Å²) >= 11 is 0. The Morgan fingerprint density at radius 2 is 2.06 bits per heavy atom. The first-order chi connectivity index (χ1) is 8.41. The molecule has 3 nitrogen and oxygen atoms in total. The van der Waals surface area contributed by atoms with Crippen LogP contribution in [-0.4, -0.2) is 47.8 Å². The zero-order valence-corrected chi connectivity index (χ0v) is 12.9. The molecule has 0 saturated carbocycles. The van der Waals surface area contributed by atoms with Crippen LogP contribution in [0.2, 0.25) is 0 Å². The molecular weight excluding hydrogens is 224 g/mol. The molecule has 0 aromatic rings. The Morgan fingerprint density at radius 3 is 2.50 bits per heavy atom. The molecule has 0 aliphatic carbocycles. The first kappa shape index (κ1) is 15.9. The van der Waals surface area contributed by atoms with Crippen LogP contribution < -0.4 is 5.32 Å². The van der Waals surface area contributed by atoms with Crippen molar-refractivity contribution in [2.45, 2.75) is 59.0 Å². The van der Waals surface area contributed by atoms with Crippen molar-refractivity contribution >= 4 is 0 Å². The fraction of sp³-hybridized carbons (Fsp3) is 1.00. The van der Waals surface area contributed by atoms with Gasteiger partial charge < -0.3 is 15.3 Å². The third kappa shape index (κ3) is 4.22. The molecule has 2 N–H and O–H groups in total. The lowest BCUT2D eigenvalue weighted by Crippen LogP contribution is -2.50. The van der Waals surface area contributed by atoms with E-state index >= 15 is 0 Å². The van der Waals surface area contributed by atoms with Gasteiger partial charge in [-0.3, -0.25) is 0 Å². The van der Waals surface area contributed by atoms with Crippen LogP contribution >= 0.6 is 0 Å². The summed E-state index contributed by atoms with van der Waals surface area (Å²) in [4.78, 5) is 2.59. The Bertz CT molecular complexity index is 245. The lowest BCUT2D eigenvalue weighted by Gasteiger charge is -2.35. The van der Waals surface area contributed by atoms with Gasteiger partial charge in [0.25, 0.3) is 0 Å². The summed E-state index contributed by atoms with van der Waals surface area (Å²) in [5.74, 6) is 1.65. The number of nitrogens with zero attached hydrogens (tertiary/aromatic N) is 1. The summed E-state index contributed by atoms with van der Waals surface area (Å²) in [5.41, 5.74) is -0.135. The average molecular weight is 256 g/mol. The Balaban J connectivity index is 2.48. The number of nitrogens with one attached hydrogen (secondary N) is 1. The van der Waals surface area contributed by atoms with Gasteiger partial charge in [-0.15, -0.1) is 0 Å². The van der Waals surface area contributed by atoms with E-state index in [9.17, 15) is 5.11 Å². The number of likely N-dealkylation sites (tertiary alicyclic amines) is 1. The topological polar surface area (TPSA) is 35.5 Å². The lowest BCUT2D eigenvalue weighted by atomic mass is 9.93. The highest BCUT2D eigenvalue weighted by atomic mass is 16.3. The van der Waals surface area contributed by atoms with E-state index in [1.165, 1.54) is 19.5 Å². The molecule has 18 heavy (non-hydrogen) atoms. The standard InChI is InChI=1S/C15H32N2O/c1-6-16-15(5,11-18)9-13(4)17-8-7-14(10-17)12(2)3/h12-14,16,18H,6-11H2,1-5H3. The predicted molar refractivity (Wildman–Crippen MR) is 77.8 cm³/mol. The molecule has 1 aliphatic heterocycles. The second-order valence-corrected chi connectivity index (χ2v) is 6.59. The molecule has 1 rings (SSSR count). The van der Waals surface area contributed by atoms with Crippen molar-refractivity contribution in [1.29, 1.82) is 0 Å². The summed E-state index contributed by atoms with van der Waals surface area (Å²) in [6.45, 7) is 14.8. The molecule has 0 bridgehead atoms. The quantitative estimate of drug-likeness (QED) is 0.732. The van der Waals surface area contributed by atoms with Gasteiger partial charge in [-0.05, 0) is 51.6 Å². The highest BCUT2D eigenvalue weighted by Gasteiger charge is 2.32. The summed E-state index contributed by atoms with van der Waals surface area (Å²) < 4.78 is 0. The van der Waals surface area contributed by atoms with Gasteiger partial charge in [-0.2, -0.15) is 0 Å². The van der Waals surface area contributed by atoms with Crippen molar-refractivity contribution in [3.63, 3.8) is 0 Å². The van der Waals surface area contributed by atoms with Gasteiger partial charge in [0.2, 0.25) is 0 Å². The number of likely N-dealkylation sites (N-methyl/N-ethyl adjacent to an activating group) is 1. The molecule has 0 aromatic heterocycles. The van der Waals surface area contributed by atoms with E-state index in [1.807, 2.05) is 0 Å². The van der Waals surface area contributed by atoms with Crippen molar-refractivity contribution in [2.75, 3.05) is 26.2 Å². The minimum Gasteiger partial charge on any atom is -0.394 e. The van der Waals surface area contributed by atoms with Gasteiger partial charge in [-0.1, -0.05) is 20.8 Å². The zero-order valence-electron chi connectivity index (χ0n) is 12.9. The summed E-state index contributed by atoms with van der Waals surface area (Å²) in [5, 5.41) is 13.0. The molecule has 1 aliphatic rings. The second-order valence-electron chi connectivity index (χ2n) is 6.59. The molecular formula is C15H32N2O. The van der Waals surface area contributed by atoms with Crippen LogP contribution in [0.3, 0.4) is 0 Å². The number of hydrogen-bond acceptors (Lipinski definition) is 3. The lowest BCUT2D eigenvalue weighted by molar-refractivity contribution is 0.124. The Kier molecular flexibility index (Phi) is 6.09. The minimum absolute atomic E-state index is 0.135. The third-order valence-corrected chi connectivity index (χ3v) is 4.52. The molecule has 1 heterocycles. The highest BCUT2D eigenvalue weighted by Crippen LogP contribution is 2.27. The van der Waals surface area contributed by atoms with E-state index < -0.39 is 0 Å². The van der Waals surface area contributed by atoms with Gasteiger partial charge in [0.1, 0.15) is 0 Å². The van der Waals surface area contributed by atoms with E-state index in [0.29, 0.717) is 6.04 Å². The Morgan fingerprint density at radius 1 is 1.39 bits per heavy atom. The van der Waals surface area contributed by atoms with Gasteiger partial charge in [-0.25, -0.2) is 0 Å². The second kappa shape index (κ2) is 6.88. The average Bonchev–Trinajstić information content (AvgIpc) is 2.78. The Hall–Kier alpha value is -0.120. The van der Waals surface area contributed by atoms with Crippen LogP contribution in [0.5, 0.6) is 0 Å². The molecule has 3 unspecified atom stereocenters. The number of aliphatic hydroxyl groups is 1. The fourth-order valence-corrected chi connectivity index (χ4v) is 3.16.